The van der Waals surface area contributed by atoms with Crippen LogP contribution >= 0.6 is 0 Å². The van der Waals surface area contributed by atoms with E-state index in [9.17, 15) is 0 Å². The molecular weight excluding hydrogens is 1020 g/mol. The van der Waals surface area contributed by atoms with Gasteiger partial charge in [0.2, 0.25) is 0 Å². The van der Waals surface area contributed by atoms with Gasteiger partial charge in [-0.25, -0.2) is 0 Å². The molecule has 2 aromatic heterocycles. The number of hydrogen-bond acceptors (Lipinski definition) is 0. The van der Waals surface area contributed by atoms with Crippen molar-refractivity contribution in [2.75, 3.05) is 0 Å². The van der Waals surface area contributed by atoms with Crippen molar-refractivity contribution in [3.8, 4) is 33.6 Å². The summed E-state index contributed by atoms with van der Waals surface area (Å²) in [6.45, 7) is 0. The lowest BCUT2D eigenvalue weighted by Gasteiger charge is -2.35. The van der Waals surface area contributed by atoms with E-state index in [-0.39, 0.29) is 0 Å². The van der Waals surface area contributed by atoms with Crippen molar-refractivity contribution in [2.24, 2.45) is 0 Å². The average Bonchev–Trinajstić information content (AvgIpc) is 2.79. The lowest BCUT2D eigenvalue weighted by molar-refractivity contribution is 1.17. The second-order valence-electron chi connectivity index (χ2n) is 21.5. The molecule has 13 aromatic carbocycles. The molecule has 82 heavy (non-hydrogen) atoms. The minimum atomic E-state index is -2.96. The number of fused-ring (bicyclic) bond motifs is 6. The number of rotatable bonds is 12. The molecule has 0 amide bonds. The van der Waals surface area contributed by atoms with E-state index in [1.54, 1.807) is 0 Å². The monoisotopic (exact) mass is 1080 g/mol. The molecule has 0 spiro atoms. The maximum absolute atomic E-state index is 2.96. The van der Waals surface area contributed by atoms with Crippen molar-refractivity contribution in [1.82, 2.24) is 9.13 Å². The molecule has 0 N–H and O–H groups in total. The topological polar surface area (TPSA) is 9.86 Å². The third kappa shape index (κ3) is 7.90. The largest absolute Gasteiger partial charge is 0.309 e. The van der Waals surface area contributed by atoms with Gasteiger partial charge in [0, 0.05) is 32.9 Å². The van der Waals surface area contributed by atoms with Crippen LogP contribution in [-0.4, -0.2) is 25.3 Å². The summed E-state index contributed by atoms with van der Waals surface area (Å²) in [7, 11) is -5.82. The zero-order valence-electron chi connectivity index (χ0n) is 45.2. The molecule has 0 aliphatic rings. The van der Waals surface area contributed by atoms with Crippen molar-refractivity contribution in [3.05, 3.63) is 340 Å². The molecule has 0 radical (unpaired) electrons. The average molecular weight is 1080 g/mol. The zero-order valence-corrected chi connectivity index (χ0v) is 47.2. The molecule has 2 nitrogen and oxygen atoms in total. The number of hydrogen-bond donors (Lipinski definition) is 0. The highest BCUT2D eigenvalue weighted by Crippen LogP contribution is 2.41. The van der Waals surface area contributed by atoms with E-state index in [0.717, 1.165) is 16.9 Å². The summed E-state index contributed by atoms with van der Waals surface area (Å²) < 4.78 is 5.06. The van der Waals surface area contributed by atoms with Crippen LogP contribution in [-0.2, 0) is 0 Å². The number of benzene rings is 13. The molecule has 0 atom stereocenters. The van der Waals surface area contributed by atoms with E-state index in [1.807, 2.05) is 0 Å². The van der Waals surface area contributed by atoms with Crippen LogP contribution in [0.4, 0.5) is 0 Å². The van der Waals surface area contributed by atoms with Gasteiger partial charge in [-0.3, -0.25) is 0 Å². The normalized spacial score (nSPS) is 11.9. The molecule has 0 saturated heterocycles. The van der Waals surface area contributed by atoms with Gasteiger partial charge in [0.15, 0.2) is 16.1 Å². The third-order valence-corrected chi connectivity index (χ3v) is 26.8. The minimum absolute atomic E-state index is 1.12. The summed E-state index contributed by atoms with van der Waals surface area (Å²) in [6.07, 6.45) is 0. The highest BCUT2D eigenvalue weighted by Gasteiger charge is 2.43. The van der Waals surface area contributed by atoms with E-state index >= 15 is 0 Å². The molecular formula is C78H56N2Si2. The molecule has 0 saturated carbocycles. The molecule has 0 unspecified atom stereocenters. The van der Waals surface area contributed by atoms with Crippen LogP contribution in [0.1, 0.15) is 0 Å². The summed E-state index contributed by atoms with van der Waals surface area (Å²) in [5.74, 6) is 0. The molecule has 0 fully saturated rings. The van der Waals surface area contributed by atoms with Gasteiger partial charge in [0.25, 0.3) is 0 Å². The van der Waals surface area contributed by atoms with Gasteiger partial charge < -0.3 is 9.13 Å². The van der Waals surface area contributed by atoms with Crippen molar-refractivity contribution in [2.45, 2.75) is 0 Å². The van der Waals surface area contributed by atoms with Crippen molar-refractivity contribution in [1.29, 1.82) is 0 Å². The number of para-hydroxylation sites is 1. The Balaban J connectivity index is 0.982. The predicted molar refractivity (Wildman–Crippen MR) is 353 cm³/mol. The summed E-state index contributed by atoms with van der Waals surface area (Å²) >= 11 is 0. The Kier molecular flexibility index (Phi) is 12.3. The predicted octanol–water partition coefficient (Wildman–Crippen LogP) is 14.0. The summed E-state index contributed by atoms with van der Waals surface area (Å²) in [4.78, 5) is 0. The van der Waals surface area contributed by atoms with E-state index in [2.05, 4.69) is 349 Å². The minimum Gasteiger partial charge on any atom is -0.309 e. The summed E-state index contributed by atoms with van der Waals surface area (Å²) in [6, 6.07) is 127. The Morgan fingerprint density at radius 2 is 0.573 bits per heavy atom. The van der Waals surface area contributed by atoms with Gasteiger partial charge in [-0.15, -0.1) is 0 Å². The fraction of sp³-hybridized carbons (Fsp3) is 0. The molecule has 15 rings (SSSR count). The van der Waals surface area contributed by atoms with Crippen LogP contribution in [0.25, 0.3) is 77.2 Å². The van der Waals surface area contributed by atoms with Crippen molar-refractivity contribution in [3.63, 3.8) is 0 Å². The molecule has 0 aliphatic heterocycles. The van der Waals surface area contributed by atoms with Gasteiger partial charge in [-0.1, -0.05) is 291 Å². The van der Waals surface area contributed by atoms with Crippen LogP contribution in [0.2, 0.25) is 0 Å². The van der Waals surface area contributed by atoms with Crippen molar-refractivity contribution < 1.29 is 0 Å². The fourth-order valence-electron chi connectivity index (χ4n) is 13.7. The fourth-order valence-corrected chi connectivity index (χ4v) is 23.2. The second-order valence-corrected chi connectivity index (χ2v) is 29.1. The number of nitrogens with zero attached hydrogens (tertiary/aromatic N) is 2. The Labute approximate surface area is 480 Å². The second kappa shape index (κ2) is 20.5. The van der Waals surface area contributed by atoms with Gasteiger partial charge in [0.05, 0.1) is 22.1 Å². The van der Waals surface area contributed by atoms with Gasteiger partial charge in [-0.2, -0.15) is 0 Å². The molecule has 386 valence electrons. The molecule has 2 heterocycles. The van der Waals surface area contributed by atoms with Gasteiger partial charge in [-0.05, 0) is 112 Å². The lowest BCUT2D eigenvalue weighted by Crippen LogP contribution is -2.74. The summed E-state index contributed by atoms with van der Waals surface area (Å²) in [5.41, 5.74) is 11.8. The van der Waals surface area contributed by atoms with Crippen LogP contribution < -0.4 is 41.5 Å². The Morgan fingerprint density at radius 1 is 0.195 bits per heavy atom. The molecule has 0 bridgehead atoms. The molecule has 0 aliphatic carbocycles. The first-order valence-corrected chi connectivity index (χ1v) is 32.4. The smallest absolute Gasteiger partial charge is 0.179 e. The van der Waals surface area contributed by atoms with E-state index in [0.29, 0.717) is 0 Å². The maximum Gasteiger partial charge on any atom is 0.179 e. The maximum atomic E-state index is 2.54. The summed E-state index contributed by atoms with van der Waals surface area (Å²) in [5, 5.41) is 15.7. The first kappa shape index (κ1) is 49.0. The van der Waals surface area contributed by atoms with Gasteiger partial charge >= 0.3 is 0 Å². The first-order valence-electron chi connectivity index (χ1n) is 28.4. The van der Waals surface area contributed by atoms with E-state index < -0.39 is 16.1 Å². The Bertz CT molecular complexity index is 4620. The zero-order chi connectivity index (χ0) is 54.5. The highest BCUT2D eigenvalue weighted by atomic mass is 28.3. The quantitative estimate of drug-likeness (QED) is 0.0852. The first-order chi connectivity index (χ1) is 40.7. The van der Waals surface area contributed by atoms with Crippen LogP contribution in [0, 0.1) is 0 Å². The van der Waals surface area contributed by atoms with Crippen molar-refractivity contribution >= 4 is 101 Å². The highest BCUT2D eigenvalue weighted by molar-refractivity contribution is 7.20. The SMILES string of the molecule is c1ccc(-c2ccc([Si](c3ccccc3)(c3ccccc3)c3cccc(-n4c5ccc(-n6c7ccccc7c7ccc([Si](c8ccccc8)(c8ccccc8)c8ccccc8)cc76)cc5c5c(-c6ccccc6)cccc54)c3)cc2)cc1. The number of aromatic nitrogens is 2. The molecule has 15 aromatic rings. The van der Waals surface area contributed by atoms with Gasteiger partial charge in [0.1, 0.15) is 0 Å². The Hall–Kier alpha value is -10.1. The van der Waals surface area contributed by atoms with Crippen LogP contribution in [0.5, 0.6) is 0 Å². The van der Waals surface area contributed by atoms with Crippen LogP contribution in [0.15, 0.2) is 340 Å². The third-order valence-electron chi connectivity index (χ3n) is 17.2. The lowest BCUT2D eigenvalue weighted by atomic mass is 9.99. The standard InChI is InChI=1S/C78H56N2Si2/c1-8-26-57(27-9-1)58-46-49-67(50-47-58)82(65-37-18-6-19-38-65,66-39-20-7-21-40-66)68-41-24-30-60(54-68)79-75-53-48-61(55-73(75)78-70(43-25-45-76(78)79)59-28-10-2-11-29-59)80-74-44-23-22-42-71(74)72-52-51-69(56-77(72)80)81(62-31-12-3-13-32-62,63-33-14-4-15-34-63)64-35-16-5-17-36-64/h1-56H. The van der Waals surface area contributed by atoms with E-state index in [1.165, 1.54) is 102 Å². The van der Waals surface area contributed by atoms with Crippen LogP contribution in [0.3, 0.4) is 0 Å². The van der Waals surface area contributed by atoms with E-state index in [4.69, 9.17) is 0 Å². The molecule has 4 heteroatoms. The Morgan fingerprint density at radius 3 is 1.13 bits per heavy atom.